The van der Waals surface area contributed by atoms with Crippen molar-refractivity contribution in [3.8, 4) is 0 Å². The molecule has 2 amide bonds. The second kappa shape index (κ2) is 8.31. The molecule has 0 saturated heterocycles. The molecule has 2 aliphatic rings. The van der Waals surface area contributed by atoms with Gasteiger partial charge in [0.05, 0.1) is 11.3 Å². The van der Waals surface area contributed by atoms with Crippen LogP contribution in [0.2, 0.25) is 5.02 Å². The number of carbonyl (C=O) groups is 2. The van der Waals surface area contributed by atoms with Crippen molar-refractivity contribution >= 4 is 29.1 Å². The van der Waals surface area contributed by atoms with E-state index in [1.165, 1.54) is 19.3 Å². The molecule has 2 heterocycles. The number of hydrogen-bond donors (Lipinski definition) is 1. The third kappa shape index (κ3) is 4.04. The van der Waals surface area contributed by atoms with Crippen LogP contribution in [-0.4, -0.2) is 34.3 Å². The molecule has 0 bridgehead atoms. The highest BCUT2D eigenvalue weighted by atomic mass is 35.5. The number of nitrogens with one attached hydrogen (secondary N) is 1. The Morgan fingerprint density at radius 2 is 1.93 bits per heavy atom. The van der Waals surface area contributed by atoms with Crippen LogP contribution in [0.25, 0.3) is 0 Å². The first-order valence-electron chi connectivity index (χ1n) is 9.93. The lowest BCUT2D eigenvalue weighted by Crippen LogP contribution is -2.48. The Bertz CT molecular complexity index is 865. The normalized spacial score (nSPS) is 20.5. The molecule has 5 nitrogen and oxygen atoms in total. The Labute approximate surface area is 170 Å². The minimum atomic E-state index is -0.587. The third-order valence-electron chi connectivity index (χ3n) is 5.72. The first-order chi connectivity index (χ1) is 13.6. The van der Waals surface area contributed by atoms with Crippen LogP contribution in [0.3, 0.4) is 0 Å². The van der Waals surface area contributed by atoms with Crippen molar-refractivity contribution < 1.29 is 9.59 Å². The topological polar surface area (TPSA) is 62.3 Å². The Balaban J connectivity index is 1.68. The number of nitrogens with zero attached hydrogens (tertiary/aromatic N) is 2. The van der Waals surface area contributed by atoms with E-state index in [9.17, 15) is 9.59 Å². The molecule has 6 heteroatoms. The monoisotopic (exact) mass is 397 g/mol. The molecule has 1 aliphatic carbocycles. The first-order valence-corrected chi connectivity index (χ1v) is 10.3. The third-order valence-corrected chi connectivity index (χ3v) is 5.95. The van der Waals surface area contributed by atoms with E-state index in [4.69, 9.17) is 11.6 Å². The standard InChI is InChI=1S/C22H24ClN3O2/c23-16-9-10-18-19(12-16)25-21(27)20(13-17-8-4-5-11-24-17)26(22(18)28)14-15-6-2-1-3-7-15/h4-5,8-12,15,20H,1-3,6-7,13-14H2,(H,25,27). The smallest absolute Gasteiger partial charge is 0.256 e. The van der Waals surface area contributed by atoms with E-state index >= 15 is 0 Å². The van der Waals surface area contributed by atoms with Crippen molar-refractivity contribution in [3.05, 3.63) is 58.9 Å². The average Bonchev–Trinajstić information content (AvgIpc) is 2.79. The van der Waals surface area contributed by atoms with Gasteiger partial charge in [0, 0.05) is 29.9 Å². The van der Waals surface area contributed by atoms with Crippen molar-refractivity contribution in [1.82, 2.24) is 9.88 Å². The van der Waals surface area contributed by atoms with Gasteiger partial charge in [-0.05, 0) is 49.1 Å². The minimum absolute atomic E-state index is 0.114. The Morgan fingerprint density at radius 1 is 1.11 bits per heavy atom. The maximum Gasteiger partial charge on any atom is 0.256 e. The summed E-state index contributed by atoms with van der Waals surface area (Å²) < 4.78 is 0. The van der Waals surface area contributed by atoms with Gasteiger partial charge >= 0.3 is 0 Å². The molecule has 1 aromatic carbocycles. The van der Waals surface area contributed by atoms with E-state index in [1.54, 1.807) is 29.3 Å². The number of anilines is 1. The quantitative estimate of drug-likeness (QED) is 0.835. The maximum atomic E-state index is 13.4. The van der Waals surface area contributed by atoms with Crippen LogP contribution in [0.1, 0.15) is 48.2 Å². The van der Waals surface area contributed by atoms with E-state index in [0.29, 0.717) is 35.2 Å². The number of benzene rings is 1. The van der Waals surface area contributed by atoms with Crippen LogP contribution >= 0.6 is 11.6 Å². The Hall–Kier alpha value is -2.40. The molecule has 1 fully saturated rings. The zero-order valence-corrected chi connectivity index (χ0v) is 16.5. The highest BCUT2D eigenvalue weighted by Gasteiger charge is 2.37. The Morgan fingerprint density at radius 3 is 2.68 bits per heavy atom. The molecule has 0 spiro atoms. The van der Waals surface area contributed by atoms with Gasteiger partial charge in [0.1, 0.15) is 6.04 Å². The molecule has 1 atom stereocenters. The maximum absolute atomic E-state index is 13.4. The summed E-state index contributed by atoms with van der Waals surface area (Å²) in [6, 6.07) is 10.1. The van der Waals surface area contributed by atoms with Crippen LogP contribution in [0.5, 0.6) is 0 Å². The van der Waals surface area contributed by atoms with Gasteiger partial charge in [0.2, 0.25) is 5.91 Å². The first kappa shape index (κ1) is 18.9. The number of pyridine rings is 1. The summed E-state index contributed by atoms with van der Waals surface area (Å²) >= 11 is 6.10. The summed E-state index contributed by atoms with van der Waals surface area (Å²) in [4.78, 5) is 32.7. The molecule has 2 aromatic rings. The van der Waals surface area contributed by atoms with Crippen LogP contribution in [-0.2, 0) is 11.2 Å². The fourth-order valence-electron chi connectivity index (χ4n) is 4.24. The van der Waals surface area contributed by atoms with Gasteiger partial charge < -0.3 is 10.2 Å². The van der Waals surface area contributed by atoms with E-state index in [1.807, 2.05) is 18.2 Å². The molecule has 146 valence electrons. The van der Waals surface area contributed by atoms with Crippen LogP contribution < -0.4 is 5.32 Å². The summed E-state index contributed by atoms with van der Waals surface area (Å²) in [5, 5.41) is 3.41. The summed E-state index contributed by atoms with van der Waals surface area (Å²) in [7, 11) is 0. The molecule has 28 heavy (non-hydrogen) atoms. The number of amides is 2. The molecule has 1 N–H and O–H groups in total. The van der Waals surface area contributed by atoms with E-state index < -0.39 is 6.04 Å². The van der Waals surface area contributed by atoms with E-state index in [-0.39, 0.29) is 11.8 Å². The number of aromatic nitrogens is 1. The summed E-state index contributed by atoms with van der Waals surface area (Å²) in [6.07, 6.45) is 7.96. The van der Waals surface area contributed by atoms with Crippen molar-refractivity contribution in [1.29, 1.82) is 0 Å². The Kier molecular flexibility index (Phi) is 5.62. The molecular formula is C22H24ClN3O2. The van der Waals surface area contributed by atoms with E-state index in [2.05, 4.69) is 10.3 Å². The van der Waals surface area contributed by atoms with Gasteiger partial charge in [-0.25, -0.2) is 0 Å². The summed E-state index contributed by atoms with van der Waals surface area (Å²) in [5.41, 5.74) is 1.78. The number of fused-ring (bicyclic) bond motifs is 1. The minimum Gasteiger partial charge on any atom is -0.326 e. The number of rotatable bonds is 4. The van der Waals surface area contributed by atoms with Crippen molar-refractivity contribution in [3.63, 3.8) is 0 Å². The second-order valence-corrected chi connectivity index (χ2v) is 8.12. The largest absolute Gasteiger partial charge is 0.326 e. The fourth-order valence-corrected chi connectivity index (χ4v) is 4.41. The van der Waals surface area contributed by atoms with Crippen LogP contribution in [0, 0.1) is 5.92 Å². The van der Waals surface area contributed by atoms with Gasteiger partial charge in [0.15, 0.2) is 0 Å². The highest BCUT2D eigenvalue weighted by molar-refractivity contribution is 6.31. The number of hydrogen-bond acceptors (Lipinski definition) is 3. The molecule has 1 unspecified atom stereocenters. The second-order valence-electron chi connectivity index (χ2n) is 7.68. The zero-order valence-electron chi connectivity index (χ0n) is 15.7. The molecular weight excluding hydrogens is 374 g/mol. The van der Waals surface area contributed by atoms with Crippen molar-refractivity contribution in [2.24, 2.45) is 5.92 Å². The number of halogens is 1. The molecule has 0 radical (unpaired) electrons. The fraction of sp³-hybridized carbons (Fsp3) is 0.409. The molecule has 1 aromatic heterocycles. The molecule has 1 saturated carbocycles. The lowest BCUT2D eigenvalue weighted by Gasteiger charge is -2.33. The van der Waals surface area contributed by atoms with Crippen molar-refractivity contribution in [2.45, 2.75) is 44.6 Å². The lowest BCUT2D eigenvalue weighted by atomic mass is 9.88. The lowest BCUT2D eigenvalue weighted by molar-refractivity contribution is -0.120. The predicted molar refractivity (Wildman–Crippen MR) is 109 cm³/mol. The molecule has 1 aliphatic heterocycles. The summed E-state index contributed by atoms with van der Waals surface area (Å²) in [5.74, 6) is 0.137. The summed E-state index contributed by atoms with van der Waals surface area (Å²) in [6.45, 7) is 0.603. The highest BCUT2D eigenvalue weighted by Crippen LogP contribution is 2.31. The average molecular weight is 398 g/mol. The van der Waals surface area contributed by atoms with E-state index in [0.717, 1.165) is 18.5 Å². The number of carbonyl (C=O) groups excluding carboxylic acids is 2. The van der Waals surface area contributed by atoms with Crippen LogP contribution in [0.15, 0.2) is 42.6 Å². The van der Waals surface area contributed by atoms with Gasteiger partial charge in [-0.1, -0.05) is 36.9 Å². The zero-order chi connectivity index (χ0) is 19.5. The molecule has 4 rings (SSSR count). The van der Waals surface area contributed by atoms with Crippen LogP contribution in [0.4, 0.5) is 5.69 Å². The van der Waals surface area contributed by atoms with Gasteiger partial charge in [0.25, 0.3) is 5.91 Å². The van der Waals surface area contributed by atoms with Crippen molar-refractivity contribution in [2.75, 3.05) is 11.9 Å². The predicted octanol–water partition coefficient (Wildman–Crippen LogP) is 4.32. The van der Waals surface area contributed by atoms with Gasteiger partial charge in [-0.3, -0.25) is 14.6 Å². The SMILES string of the molecule is O=C1Nc2cc(Cl)ccc2C(=O)N(CC2CCCCC2)C1Cc1ccccn1. The van der Waals surface area contributed by atoms with Gasteiger partial charge in [-0.15, -0.1) is 0 Å². The van der Waals surface area contributed by atoms with Gasteiger partial charge in [-0.2, -0.15) is 0 Å².